The number of pyridine rings is 1. The Labute approximate surface area is 246 Å². The van der Waals surface area contributed by atoms with E-state index in [0.717, 1.165) is 48.7 Å². The van der Waals surface area contributed by atoms with Gasteiger partial charge in [-0.2, -0.15) is 0 Å². The second-order valence-electron chi connectivity index (χ2n) is 10.2. The van der Waals surface area contributed by atoms with Gasteiger partial charge in [0, 0.05) is 32.2 Å². The fraction of sp³-hybridized carbons (Fsp3) is 0.370. The number of nitrogens with zero attached hydrogens (tertiary/aromatic N) is 6. The van der Waals surface area contributed by atoms with Crippen molar-refractivity contribution in [3.05, 3.63) is 54.5 Å². The lowest BCUT2D eigenvalue weighted by molar-refractivity contribution is 0.122. The first kappa shape index (κ1) is 28.2. The van der Waals surface area contributed by atoms with Crippen LogP contribution in [0.2, 0.25) is 0 Å². The highest BCUT2D eigenvalue weighted by atomic mass is 32.2. The van der Waals surface area contributed by atoms with Gasteiger partial charge in [0.05, 0.1) is 35.7 Å². The number of carbonyl (C=O) groups is 1. The molecule has 2 fully saturated rings. The Bertz CT molecular complexity index is 1680. The van der Waals surface area contributed by atoms with Crippen LogP contribution < -0.4 is 14.9 Å². The lowest BCUT2D eigenvalue weighted by Gasteiger charge is -2.32. The average Bonchev–Trinajstić information content (AvgIpc) is 3.43. The quantitative estimate of drug-likeness (QED) is 0.269. The summed E-state index contributed by atoms with van der Waals surface area (Å²) in [6.07, 6.45) is 3.63. The number of sulfonamides is 1. The van der Waals surface area contributed by atoms with Gasteiger partial charge in [0.15, 0.2) is 5.82 Å². The first-order valence-corrected chi connectivity index (χ1v) is 15.9. The minimum atomic E-state index is -3.86. The molecule has 1 atom stereocenters. The summed E-state index contributed by atoms with van der Waals surface area (Å²) in [6.45, 7) is 4.66. The van der Waals surface area contributed by atoms with Crippen molar-refractivity contribution in [2.75, 3.05) is 49.0 Å². The number of anilines is 2. The zero-order valence-corrected chi connectivity index (χ0v) is 24.3. The van der Waals surface area contributed by atoms with Crippen molar-refractivity contribution in [3.63, 3.8) is 0 Å². The monoisotopic (exact) mass is 610 g/mol. The van der Waals surface area contributed by atoms with E-state index in [-0.39, 0.29) is 10.9 Å². The lowest BCUT2D eigenvalue weighted by atomic mass is 10.0. The number of rotatable bonds is 8. The first-order valence-electron chi connectivity index (χ1n) is 13.6. The molecule has 13 nitrogen and oxygen atoms in total. The van der Waals surface area contributed by atoms with Crippen molar-refractivity contribution in [1.29, 1.82) is 0 Å². The van der Waals surface area contributed by atoms with Gasteiger partial charge in [0.25, 0.3) is 10.0 Å². The molecule has 3 aromatic heterocycles. The van der Waals surface area contributed by atoms with Crippen molar-refractivity contribution < 1.29 is 23.1 Å². The van der Waals surface area contributed by atoms with E-state index in [4.69, 9.17) is 14.8 Å². The standard InChI is InChI=1S/C27H30N8O5S2/c36-27(37)31-20-4-2-8-34(16-20)15-18-3-1-5-21(13-18)42(38,39)33-19-6-7-22(28-14-19)25-32-23-24(29-17-30-26(23)41-25)35-9-11-40-12-10-35/h1,3,5-7,13-14,17,20,31,33H,2,4,8-12,15-16H2,(H,36,37). The molecule has 0 spiro atoms. The van der Waals surface area contributed by atoms with Gasteiger partial charge in [0.1, 0.15) is 21.7 Å². The molecule has 6 rings (SSSR count). The molecule has 2 aliphatic rings. The molecule has 1 unspecified atom stereocenters. The molecule has 5 heterocycles. The second kappa shape index (κ2) is 12.1. The Kier molecular flexibility index (Phi) is 8.15. The van der Waals surface area contributed by atoms with Crippen LogP contribution in [0.1, 0.15) is 18.4 Å². The normalized spacial score (nSPS) is 18.2. The molecule has 3 N–H and O–H groups in total. The van der Waals surface area contributed by atoms with Crippen molar-refractivity contribution in [3.8, 4) is 10.7 Å². The molecule has 0 aliphatic carbocycles. The first-order chi connectivity index (χ1) is 20.3. The third kappa shape index (κ3) is 6.43. The number of fused-ring (bicyclic) bond motifs is 1. The van der Waals surface area contributed by atoms with Gasteiger partial charge in [-0.15, -0.1) is 0 Å². The molecular formula is C27H30N8O5S2. The van der Waals surface area contributed by atoms with Gasteiger partial charge >= 0.3 is 6.09 Å². The van der Waals surface area contributed by atoms with Gasteiger partial charge in [-0.25, -0.2) is 28.2 Å². The van der Waals surface area contributed by atoms with Crippen LogP contribution in [0.4, 0.5) is 16.3 Å². The van der Waals surface area contributed by atoms with Crippen molar-refractivity contribution in [2.24, 2.45) is 0 Å². The topological polar surface area (TPSA) is 163 Å². The number of hydrogen-bond donors (Lipinski definition) is 3. The summed E-state index contributed by atoms with van der Waals surface area (Å²) in [4.78, 5) is 34.2. The number of likely N-dealkylation sites (tertiary alicyclic amines) is 1. The summed E-state index contributed by atoms with van der Waals surface area (Å²) in [6, 6.07) is 10.0. The molecule has 0 radical (unpaired) electrons. The van der Waals surface area contributed by atoms with Crippen LogP contribution in [0.15, 0.2) is 53.8 Å². The van der Waals surface area contributed by atoms with Crippen LogP contribution in [0.5, 0.6) is 0 Å². The summed E-state index contributed by atoms with van der Waals surface area (Å²) in [7, 11) is -3.86. The van der Waals surface area contributed by atoms with E-state index in [2.05, 4.69) is 34.8 Å². The highest BCUT2D eigenvalue weighted by Crippen LogP contribution is 2.32. The summed E-state index contributed by atoms with van der Waals surface area (Å²) in [5.74, 6) is 0.773. The van der Waals surface area contributed by atoms with Gasteiger partial charge in [0.2, 0.25) is 0 Å². The minimum Gasteiger partial charge on any atom is -0.465 e. The number of benzene rings is 1. The van der Waals surface area contributed by atoms with E-state index in [0.29, 0.717) is 48.2 Å². The maximum atomic E-state index is 13.2. The average molecular weight is 611 g/mol. The predicted octanol–water partition coefficient (Wildman–Crippen LogP) is 3.02. The fourth-order valence-electron chi connectivity index (χ4n) is 5.21. The number of thiazole rings is 1. The molecule has 0 bridgehead atoms. The van der Waals surface area contributed by atoms with E-state index >= 15 is 0 Å². The van der Waals surface area contributed by atoms with Crippen LogP contribution >= 0.6 is 11.3 Å². The molecule has 1 aromatic carbocycles. The number of carboxylic acid groups (broad SMARTS) is 1. The molecule has 220 valence electrons. The smallest absolute Gasteiger partial charge is 0.404 e. The Hall–Kier alpha value is -3.92. The van der Waals surface area contributed by atoms with E-state index in [1.807, 2.05) is 6.07 Å². The number of aromatic nitrogens is 4. The van der Waals surface area contributed by atoms with Crippen LogP contribution in [-0.2, 0) is 21.3 Å². The zero-order valence-electron chi connectivity index (χ0n) is 22.6. The van der Waals surface area contributed by atoms with Gasteiger partial charge in [-0.05, 0) is 49.2 Å². The lowest BCUT2D eigenvalue weighted by Crippen LogP contribution is -2.46. The van der Waals surface area contributed by atoms with E-state index < -0.39 is 16.1 Å². The summed E-state index contributed by atoms with van der Waals surface area (Å²) >= 11 is 1.40. The van der Waals surface area contributed by atoms with Gasteiger partial charge in [-0.3, -0.25) is 14.6 Å². The number of amides is 1. The second-order valence-corrected chi connectivity index (χ2v) is 12.8. The molecule has 4 aromatic rings. The Morgan fingerprint density at radius 1 is 1.12 bits per heavy atom. The Morgan fingerprint density at radius 3 is 2.76 bits per heavy atom. The minimum absolute atomic E-state index is 0.136. The van der Waals surface area contributed by atoms with E-state index in [9.17, 15) is 13.2 Å². The maximum absolute atomic E-state index is 13.2. The third-order valence-corrected chi connectivity index (χ3v) is 9.53. The van der Waals surface area contributed by atoms with Crippen molar-refractivity contribution in [1.82, 2.24) is 30.2 Å². The third-order valence-electron chi connectivity index (χ3n) is 7.17. The highest BCUT2D eigenvalue weighted by Gasteiger charge is 2.23. The van der Waals surface area contributed by atoms with Gasteiger partial charge in [-0.1, -0.05) is 23.5 Å². The summed E-state index contributed by atoms with van der Waals surface area (Å²) < 4.78 is 34.5. The van der Waals surface area contributed by atoms with Crippen molar-refractivity contribution >= 4 is 49.3 Å². The highest BCUT2D eigenvalue weighted by molar-refractivity contribution is 7.92. The Morgan fingerprint density at radius 2 is 1.98 bits per heavy atom. The van der Waals surface area contributed by atoms with Crippen LogP contribution in [0, 0.1) is 0 Å². The molecular weight excluding hydrogens is 580 g/mol. The molecule has 15 heteroatoms. The number of nitrogens with one attached hydrogen (secondary N) is 2. The SMILES string of the molecule is O=C(O)NC1CCCN(Cc2cccc(S(=O)(=O)Nc3ccc(-c4nc5c(N6CCOCC6)ncnc5s4)nc3)c2)C1. The fourth-order valence-corrected chi connectivity index (χ4v) is 7.21. The molecule has 1 amide bonds. The molecule has 2 saturated heterocycles. The predicted molar refractivity (Wildman–Crippen MR) is 158 cm³/mol. The molecule has 2 aliphatic heterocycles. The number of morpholine rings is 1. The Balaban J connectivity index is 1.14. The largest absolute Gasteiger partial charge is 0.465 e. The van der Waals surface area contributed by atoms with E-state index in [1.54, 1.807) is 30.3 Å². The van der Waals surface area contributed by atoms with Crippen LogP contribution in [-0.4, -0.2) is 89.9 Å². The summed E-state index contributed by atoms with van der Waals surface area (Å²) in [5.41, 5.74) is 2.48. The number of ether oxygens (including phenoxy) is 1. The van der Waals surface area contributed by atoms with Crippen molar-refractivity contribution in [2.45, 2.75) is 30.3 Å². The van der Waals surface area contributed by atoms with Gasteiger partial charge < -0.3 is 20.1 Å². The van der Waals surface area contributed by atoms with E-state index in [1.165, 1.54) is 23.9 Å². The maximum Gasteiger partial charge on any atom is 0.404 e. The zero-order chi connectivity index (χ0) is 29.1. The number of hydrogen-bond acceptors (Lipinski definition) is 11. The van der Waals surface area contributed by atoms with Crippen LogP contribution in [0.25, 0.3) is 21.0 Å². The molecule has 42 heavy (non-hydrogen) atoms. The number of piperidine rings is 1. The molecule has 0 saturated carbocycles. The summed E-state index contributed by atoms with van der Waals surface area (Å²) in [5, 5.41) is 12.2. The van der Waals surface area contributed by atoms with Crippen LogP contribution in [0.3, 0.4) is 0 Å².